The van der Waals surface area contributed by atoms with Gasteiger partial charge in [0.15, 0.2) is 0 Å². The highest BCUT2D eigenvalue weighted by atomic mass is 79.9. The maximum atomic E-state index is 12.4. The highest BCUT2D eigenvalue weighted by Gasteiger charge is 2.22. The number of carbonyl (C=O) groups is 1. The van der Waals surface area contributed by atoms with Crippen LogP contribution in [0.15, 0.2) is 24.3 Å². The zero-order valence-corrected chi connectivity index (χ0v) is 12.9. The first kappa shape index (κ1) is 14.5. The number of nitrogens with zero attached hydrogens (tertiary/aromatic N) is 1. The lowest BCUT2D eigenvalue weighted by Gasteiger charge is -2.23. The van der Waals surface area contributed by atoms with E-state index in [0.29, 0.717) is 5.92 Å². The first-order valence-electron chi connectivity index (χ1n) is 6.76. The average molecular weight is 326 g/mol. The number of rotatable bonds is 5. The third-order valence-corrected chi connectivity index (χ3v) is 4.17. The van der Waals surface area contributed by atoms with Gasteiger partial charge in [-0.05, 0) is 31.0 Å². The number of amides is 1. The van der Waals surface area contributed by atoms with Gasteiger partial charge in [0.2, 0.25) is 0 Å². The number of ether oxygens (including phenoxy) is 1. The Hall–Kier alpha value is -0.870. The van der Waals surface area contributed by atoms with E-state index in [0.717, 1.165) is 43.6 Å². The van der Waals surface area contributed by atoms with Gasteiger partial charge in [-0.3, -0.25) is 4.79 Å². The van der Waals surface area contributed by atoms with Crippen molar-refractivity contribution in [1.82, 2.24) is 4.90 Å². The molecular formula is C15H20BrNO2. The predicted octanol–water partition coefficient (Wildman–Crippen LogP) is 3.08. The van der Waals surface area contributed by atoms with Crippen LogP contribution in [0.3, 0.4) is 0 Å². The lowest BCUT2D eigenvalue weighted by Crippen LogP contribution is -2.35. The standard InChI is InChI=1S/C15H20BrNO2/c1-2-17(10-13-7-8-19-11-13)15(18)14-5-3-12(9-16)4-6-14/h3-6,13H,2,7-11H2,1H3. The van der Waals surface area contributed by atoms with E-state index in [1.807, 2.05) is 36.1 Å². The molecule has 1 unspecified atom stereocenters. The number of carbonyl (C=O) groups excluding carboxylic acids is 1. The first-order chi connectivity index (χ1) is 9.24. The fraction of sp³-hybridized carbons (Fsp3) is 0.533. The molecule has 4 heteroatoms. The van der Waals surface area contributed by atoms with Gasteiger partial charge in [0, 0.05) is 36.5 Å². The maximum absolute atomic E-state index is 12.4. The van der Waals surface area contributed by atoms with Crippen molar-refractivity contribution >= 4 is 21.8 Å². The topological polar surface area (TPSA) is 29.5 Å². The van der Waals surface area contributed by atoms with Crippen LogP contribution in [-0.2, 0) is 10.1 Å². The van der Waals surface area contributed by atoms with Gasteiger partial charge in [0.1, 0.15) is 0 Å². The van der Waals surface area contributed by atoms with Gasteiger partial charge >= 0.3 is 0 Å². The molecule has 1 saturated heterocycles. The number of hydrogen-bond donors (Lipinski definition) is 0. The van der Waals surface area contributed by atoms with E-state index in [-0.39, 0.29) is 5.91 Å². The smallest absolute Gasteiger partial charge is 0.253 e. The van der Waals surface area contributed by atoms with E-state index in [4.69, 9.17) is 4.74 Å². The Bertz CT molecular complexity index is 413. The van der Waals surface area contributed by atoms with Crippen molar-refractivity contribution in [3.63, 3.8) is 0 Å². The summed E-state index contributed by atoms with van der Waals surface area (Å²) in [6.07, 6.45) is 1.06. The molecule has 1 aliphatic heterocycles. The van der Waals surface area contributed by atoms with Gasteiger partial charge in [-0.15, -0.1) is 0 Å². The Balaban J connectivity index is 2.01. The van der Waals surface area contributed by atoms with E-state index in [1.54, 1.807) is 0 Å². The normalized spacial score (nSPS) is 18.5. The fourth-order valence-electron chi connectivity index (χ4n) is 2.31. The zero-order chi connectivity index (χ0) is 13.7. The molecular weight excluding hydrogens is 306 g/mol. The summed E-state index contributed by atoms with van der Waals surface area (Å²) in [4.78, 5) is 14.4. The Morgan fingerprint density at radius 2 is 2.16 bits per heavy atom. The second kappa shape index (κ2) is 7.06. The predicted molar refractivity (Wildman–Crippen MR) is 79.6 cm³/mol. The number of benzene rings is 1. The fourth-order valence-corrected chi connectivity index (χ4v) is 2.69. The first-order valence-corrected chi connectivity index (χ1v) is 7.88. The van der Waals surface area contributed by atoms with E-state index in [1.165, 1.54) is 5.56 Å². The van der Waals surface area contributed by atoms with Crippen molar-refractivity contribution in [2.24, 2.45) is 5.92 Å². The van der Waals surface area contributed by atoms with Crippen LogP contribution in [0.25, 0.3) is 0 Å². The lowest BCUT2D eigenvalue weighted by molar-refractivity contribution is 0.0731. The van der Waals surface area contributed by atoms with Crippen LogP contribution >= 0.6 is 15.9 Å². The minimum absolute atomic E-state index is 0.121. The molecule has 0 radical (unpaired) electrons. The van der Waals surface area contributed by atoms with E-state index >= 15 is 0 Å². The van der Waals surface area contributed by atoms with Crippen LogP contribution in [0.2, 0.25) is 0 Å². The molecule has 0 spiro atoms. The highest BCUT2D eigenvalue weighted by molar-refractivity contribution is 9.08. The number of hydrogen-bond acceptors (Lipinski definition) is 2. The summed E-state index contributed by atoms with van der Waals surface area (Å²) >= 11 is 3.41. The SMILES string of the molecule is CCN(CC1CCOC1)C(=O)c1ccc(CBr)cc1. The molecule has 1 fully saturated rings. The van der Waals surface area contributed by atoms with E-state index in [9.17, 15) is 4.79 Å². The maximum Gasteiger partial charge on any atom is 0.253 e. The molecule has 1 amide bonds. The molecule has 1 aliphatic rings. The Labute approximate surface area is 123 Å². The van der Waals surface area contributed by atoms with E-state index in [2.05, 4.69) is 15.9 Å². The monoisotopic (exact) mass is 325 g/mol. The van der Waals surface area contributed by atoms with Gasteiger partial charge in [-0.1, -0.05) is 28.1 Å². The van der Waals surface area contributed by atoms with E-state index < -0.39 is 0 Å². The average Bonchev–Trinajstić information content (AvgIpc) is 2.97. The van der Waals surface area contributed by atoms with Crippen molar-refractivity contribution in [1.29, 1.82) is 0 Å². The van der Waals surface area contributed by atoms with Crippen LogP contribution in [0, 0.1) is 5.92 Å². The van der Waals surface area contributed by atoms with Crippen molar-refractivity contribution in [3.8, 4) is 0 Å². The quantitative estimate of drug-likeness (QED) is 0.778. The molecule has 1 atom stereocenters. The molecule has 0 N–H and O–H groups in total. The third-order valence-electron chi connectivity index (χ3n) is 3.53. The second-order valence-electron chi connectivity index (χ2n) is 4.90. The highest BCUT2D eigenvalue weighted by Crippen LogP contribution is 2.16. The Morgan fingerprint density at radius 3 is 2.68 bits per heavy atom. The van der Waals surface area contributed by atoms with Crippen LogP contribution in [0.4, 0.5) is 0 Å². The zero-order valence-electron chi connectivity index (χ0n) is 11.3. The largest absolute Gasteiger partial charge is 0.381 e. The summed E-state index contributed by atoms with van der Waals surface area (Å²) in [5, 5.41) is 0.818. The molecule has 0 aromatic heterocycles. The minimum atomic E-state index is 0.121. The Kier molecular flexibility index (Phi) is 5.40. The lowest BCUT2D eigenvalue weighted by atomic mass is 10.1. The molecule has 0 bridgehead atoms. The molecule has 1 aromatic carbocycles. The third kappa shape index (κ3) is 3.80. The number of halogens is 1. The molecule has 0 saturated carbocycles. The molecule has 0 aliphatic carbocycles. The van der Waals surface area contributed by atoms with Crippen LogP contribution < -0.4 is 0 Å². The second-order valence-corrected chi connectivity index (χ2v) is 5.46. The van der Waals surface area contributed by atoms with Crippen LogP contribution in [0.5, 0.6) is 0 Å². The van der Waals surface area contributed by atoms with Gasteiger partial charge in [-0.2, -0.15) is 0 Å². The Morgan fingerprint density at radius 1 is 1.42 bits per heavy atom. The molecule has 1 heterocycles. The molecule has 104 valence electrons. The summed E-state index contributed by atoms with van der Waals surface area (Å²) < 4.78 is 5.38. The summed E-state index contributed by atoms with van der Waals surface area (Å²) in [5.41, 5.74) is 1.95. The van der Waals surface area contributed by atoms with Crippen molar-refractivity contribution in [2.45, 2.75) is 18.7 Å². The van der Waals surface area contributed by atoms with Crippen molar-refractivity contribution < 1.29 is 9.53 Å². The molecule has 2 rings (SSSR count). The van der Waals surface area contributed by atoms with Crippen LogP contribution in [0.1, 0.15) is 29.3 Å². The van der Waals surface area contributed by atoms with Crippen molar-refractivity contribution in [3.05, 3.63) is 35.4 Å². The minimum Gasteiger partial charge on any atom is -0.381 e. The molecule has 3 nitrogen and oxygen atoms in total. The van der Waals surface area contributed by atoms with Gasteiger partial charge in [-0.25, -0.2) is 0 Å². The number of alkyl halides is 1. The molecule has 1 aromatic rings. The molecule has 19 heavy (non-hydrogen) atoms. The van der Waals surface area contributed by atoms with Crippen LogP contribution in [-0.4, -0.2) is 37.1 Å². The summed E-state index contributed by atoms with van der Waals surface area (Å²) in [6.45, 7) is 5.19. The van der Waals surface area contributed by atoms with Gasteiger partial charge < -0.3 is 9.64 Å². The van der Waals surface area contributed by atoms with Gasteiger partial charge in [0.05, 0.1) is 6.61 Å². The van der Waals surface area contributed by atoms with Crippen molar-refractivity contribution in [2.75, 3.05) is 26.3 Å². The van der Waals surface area contributed by atoms with Gasteiger partial charge in [0.25, 0.3) is 5.91 Å². The summed E-state index contributed by atoms with van der Waals surface area (Å²) in [7, 11) is 0. The summed E-state index contributed by atoms with van der Waals surface area (Å²) in [5.74, 6) is 0.612. The summed E-state index contributed by atoms with van der Waals surface area (Å²) in [6, 6.07) is 7.81.